The molecule has 3 atom stereocenters. The van der Waals surface area contributed by atoms with E-state index in [1.807, 2.05) is 37.0 Å². The summed E-state index contributed by atoms with van der Waals surface area (Å²) in [6, 6.07) is 4.03. The van der Waals surface area contributed by atoms with Crippen molar-refractivity contribution in [1.82, 2.24) is 25.3 Å². The van der Waals surface area contributed by atoms with Crippen molar-refractivity contribution in [3.8, 4) is 11.4 Å². The number of nitrogens with one attached hydrogen (secondary N) is 2. The molecule has 4 rings (SSSR count). The molecule has 3 heterocycles. The lowest BCUT2D eigenvalue weighted by molar-refractivity contribution is 0.470. The van der Waals surface area contributed by atoms with Crippen LogP contribution < -0.4 is 10.6 Å². The van der Waals surface area contributed by atoms with Crippen LogP contribution in [0.15, 0.2) is 18.3 Å². The normalized spacial score (nSPS) is 25.8. The zero-order valence-corrected chi connectivity index (χ0v) is 14.5. The van der Waals surface area contributed by atoms with E-state index in [0.29, 0.717) is 0 Å². The summed E-state index contributed by atoms with van der Waals surface area (Å²) in [5.41, 5.74) is 3.02. The first kappa shape index (κ1) is 15.6. The Morgan fingerprint density at radius 3 is 2.62 bits per heavy atom. The highest BCUT2D eigenvalue weighted by Gasteiger charge is 2.36. The number of nitrogens with zero attached hydrogens (tertiary/aromatic N) is 4. The Morgan fingerprint density at radius 2 is 2.00 bits per heavy atom. The number of fused-ring (bicyclic) bond motifs is 1. The number of hydrogen-bond acceptors (Lipinski definition) is 5. The Balaban J connectivity index is 1.30. The van der Waals surface area contributed by atoms with Crippen molar-refractivity contribution < 1.29 is 0 Å². The van der Waals surface area contributed by atoms with Gasteiger partial charge >= 0.3 is 0 Å². The van der Waals surface area contributed by atoms with E-state index >= 15 is 0 Å². The summed E-state index contributed by atoms with van der Waals surface area (Å²) >= 11 is 0. The van der Waals surface area contributed by atoms with E-state index in [-0.39, 0.29) is 0 Å². The predicted molar refractivity (Wildman–Crippen MR) is 94.7 cm³/mol. The summed E-state index contributed by atoms with van der Waals surface area (Å²) in [4.78, 5) is 0. The van der Waals surface area contributed by atoms with Gasteiger partial charge in [-0.1, -0.05) is 0 Å². The van der Waals surface area contributed by atoms with Crippen LogP contribution in [-0.4, -0.2) is 39.6 Å². The Bertz CT molecular complexity index is 661. The first-order valence-corrected chi connectivity index (χ1v) is 8.98. The maximum absolute atomic E-state index is 4.36. The first-order chi connectivity index (χ1) is 11.7. The van der Waals surface area contributed by atoms with Gasteiger partial charge in [-0.15, -0.1) is 10.2 Å². The van der Waals surface area contributed by atoms with Gasteiger partial charge in [0.2, 0.25) is 0 Å². The van der Waals surface area contributed by atoms with E-state index in [9.17, 15) is 0 Å². The summed E-state index contributed by atoms with van der Waals surface area (Å²) in [5.74, 6) is 3.59. The molecule has 6 nitrogen and oxygen atoms in total. The second-order valence-electron chi connectivity index (χ2n) is 7.33. The maximum atomic E-state index is 4.36. The van der Waals surface area contributed by atoms with Crippen LogP contribution in [0.3, 0.4) is 0 Å². The van der Waals surface area contributed by atoms with Crippen LogP contribution in [0.2, 0.25) is 0 Å². The molecule has 2 unspecified atom stereocenters. The van der Waals surface area contributed by atoms with E-state index in [4.69, 9.17) is 0 Å². The van der Waals surface area contributed by atoms with Crippen molar-refractivity contribution in [1.29, 1.82) is 0 Å². The van der Waals surface area contributed by atoms with E-state index in [1.165, 1.54) is 32.4 Å². The smallest absolute Gasteiger partial charge is 0.148 e. The topological polar surface area (TPSA) is 67.7 Å². The molecule has 128 valence electrons. The fourth-order valence-electron chi connectivity index (χ4n) is 4.40. The van der Waals surface area contributed by atoms with E-state index in [2.05, 4.69) is 25.9 Å². The molecule has 1 saturated heterocycles. The molecule has 0 amide bonds. The van der Waals surface area contributed by atoms with Crippen LogP contribution in [0.1, 0.15) is 24.8 Å². The van der Waals surface area contributed by atoms with E-state index < -0.39 is 0 Å². The number of rotatable bonds is 5. The standard InChI is InChI=1S/C18H26N6/c1-12-9-21-24(2)18(12)16-3-4-17(23-22-16)20-6-5-13-7-14-10-19-11-15(14)8-13/h3-4,9,13-15,19H,5-8,10-11H2,1-2H3,(H,20,23)/t13?,14-,15?/m1/s1. The highest BCUT2D eigenvalue weighted by atomic mass is 15.3. The molecule has 6 heteroatoms. The maximum Gasteiger partial charge on any atom is 0.148 e. The van der Waals surface area contributed by atoms with Gasteiger partial charge in [0.05, 0.1) is 11.9 Å². The largest absolute Gasteiger partial charge is 0.369 e. The van der Waals surface area contributed by atoms with Crippen LogP contribution in [0.4, 0.5) is 5.82 Å². The average molecular weight is 326 g/mol. The average Bonchev–Trinajstić information content (AvgIpc) is 3.24. The Hall–Kier alpha value is -1.95. The molecule has 0 radical (unpaired) electrons. The fraction of sp³-hybridized carbons (Fsp3) is 0.611. The molecular formula is C18H26N6. The minimum absolute atomic E-state index is 0.860. The molecule has 0 aromatic carbocycles. The number of hydrogen-bond donors (Lipinski definition) is 2. The molecule has 2 aromatic rings. The van der Waals surface area contributed by atoms with Gasteiger partial charge in [-0.25, -0.2) is 0 Å². The van der Waals surface area contributed by atoms with Crippen molar-refractivity contribution in [2.75, 3.05) is 25.0 Å². The summed E-state index contributed by atoms with van der Waals surface area (Å²) in [6.07, 6.45) is 5.88. The number of aryl methyl sites for hydroxylation is 2. The third-order valence-corrected chi connectivity index (χ3v) is 5.64. The van der Waals surface area contributed by atoms with Crippen LogP contribution in [0, 0.1) is 24.7 Å². The SMILES string of the molecule is Cc1cnn(C)c1-c1ccc(NCCC2CC3CNC[C@H]3C2)nn1. The Morgan fingerprint density at radius 1 is 1.21 bits per heavy atom. The van der Waals surface area contributed by atoms with Gasteiger partial charge in [0, 0.05) is 13.6 Å². The third kappa shape index (κ3) is 3.02. The van der Waals surface area contributed by atoms with Gasteiger partial charge in [0.1, 0.15) is 11.5 Å². The molecular weight excluding hydrogens is 300 g/mol. The lowest BCUT2D eigenvalue weighted by Crippen LogP contribution is -2.14. The number of aromatic nitrogens is 4. The Labute approximate surface area is 143 Å². The van der Waals surface area contributed by atoms with E-state index in [0.717, 1.165) is 47.1 Å². The number of anilines is 1. The van der Waals surface area contributed by atoms with Gasteiger partial charge in [0.25, 0.3) is 0 Å². The van der Waals surface area contributed by atoms with Gasteiger partial charge in [0.15, 0.2) is 0 Å². The highest BCUT2D eigenvalue weighted by Crippen LogP contribution is 2.39. The summed E-state index contributed by atoms with van der Waals surface area (Å²) in [7, 11) is 1.93. The first-order valence-electron chi connectivity index (χ1n) is 8.98. The van der Waals surface area contributed by atoms with Crippen molar-refractivity contribution in [3.05, 3.63) is 23.9 Å². The zero-order chi connectivity index (χ0) is 16.5. The molecule has 1 aliphatic heterocycles. The zero-order valence-electron chi connectivity index (χ0n) is 14.5. The third-order valence-electron chi connectivity index (χ3n) is 5.64. The molecule has 24 heavy (non-hydrogen) atoms. The van der Waals surface area contributed by atoms with Gasteiger partial charge in [-0.2, -0.15) is 5.10 Å². The molecule has 1 saturated carbocycles. The monoisotopic (exact) mass is 326 g/mol. The predicted octanol–water partition coefficient (Wildman–Crippen LogP) is 2.23. The second kappa shape index (κ2) is 6.51. The minimum Gasteiger partial charge on any atom is -0.369 e. The van der Waals surface area contributed by atoms with Crippen LogP contribution in [0.25, 0.3) is 11.4 Å². The molecule has 0 bridgehead atoms. The lowest BCUT2D eigenvalue weighted by atomic mass is 10.0. The molecule has 2 aromatic heterocycles. The summed E-state index contributed by atoms with van der Waals surface area (Å²) in [5, 5.41) is 19.9. The Kier molecular flexibility index (Phi) is 4.22. The van der Waals surface area contributed by atoms with Gasteiger partial charge in [-0.05, 0) is 74.7 Å². The molecule has 2 N–H and O–H groups in total. The highest BCUT2D eigenvalue weighted by molar-refractivity contribution is 5.59. The second-order valence-corrected chi connectivity index (χ2v) is 7.33. The van der Waals surface area contributed by atoms with Crippen molar-refractivity contribution in [2.24, 2.45) is 24.8 Å². The van der Waals surface area contributed by atoms with Crippen LogP contribution in [0.5, 0.6) is 0 Å². The summed E-state index contributed by atoms with van der Waals surface area (Å²) < 4.78 is 1.85. The van der Waals surface area contributed by atoms with E-state index in [1.54, 1.807) is 0 Å². The van der Waals surface area contributed by atoms with Crippen LogP contribution >= 0.6 is 0 Å². The van der Waals surface area contributed by atoms with Crippen molar-refractivity contribution >= 4 is 5.82 Å². The van der Waals surface area contributed by atoms with Gasteiger partial charge < -0.3 is 10.6 Å². The fourth-order valence-corrected chi connectivity index (χ4v) is 4.40. The van der Waals surface area contributed by atoms with Crippen molar-refractivity contribution in [3.63, 3.8) is 0 Å². The molecule has 2 fully saturated rings. The van der Waals surface area contributed by atoms with Crippen molar-refractivity contribution in [2.45, 2.75) is 26.2 Å². The molecule has 2 aliphatic rings. The van der Waals surface area contributed by atoms with Crippen LogP contribution in [-0.2, 0) is 7.05 Å². The summed E-state index contributed by atoms with van der Waals surface area (Å²) in [6.45, 7) is 5.49. The van der Waals surface area contributed by atoms with Gasteiger partial charge in [-0.3, -0.25) is 4.68 Å². The molecule has 0 spiro atoms. The quantitative estimate of drug-likeness (QED) is 0.882. The minimum atomic E-state index is 0.860. The molecule has 1 aliphatic carbocycles. The lowest BCUT2D eigenvalue weighted by Gasteiger charge is -2.12.